The van der Waals surface area contributed by atoms with Crippen LogP contribution in [-0.4, -0.2) is 52.5 Å². The van der Waals surface area contributed by atoms with Gasteiger partial charge in [0.25, 0.3) is 0 Å². The molecule has 2 heterocycles. The van der Waals surface area contributed by atoms with Gasteiger partial charge in [0.1, 0.15) is 5.76 Å². The number of halogens is 3. The Morgan fingerprint density at radius 1 is 1.52 bits per heavy atom. The minimum Gasteiger partial charge on any atom is -0.380 e. The molecule has 0 saturated carbocycles. The number of nitrogens with one attached hydrogen (secondary N) is 1. The molecule has 6 nitrogen and oxygen atoms in total. The number of piperidine rings is 1. The molecule has 0 bridgehead atoms. The van der Waals surface area contributed by atoms with E-state index < -0.39 is 24.6 Å². The van der Waals surface area contributed by atoms with Crippen LogP contribution in [0.25, 0.3) is 0 Å². The summed E-state index contributed by atoms with van der Waals surface area (Å²) in [6.45, 7) is 1.62. The molecule has 2 N–H and O–H groups in total. The molecule has 2 rings (SSSR count). The van der Waals surface area contributed by atoms with Crippen molar-refractivity contribution in [1.29, 1.82) is 0 Å². The molecule has 1 fully saturated rings. The molecule has 118 valence electrons. The van der Waals surface area contributed by atoms with Gasteiger partial charge in [0, 0.05) is 19.2 Å². The van der Waals surface area contributed by atoms with Crippen LogP contribution in [0, 0.1) is 6.92 Å². The number of hydrogen-bond acceptors (Lipinski definition) is 5. The van der Waals surface area contributed by atoms with Gasteiger partial charge in [-0.2, -0.15) is 13.2 Å². The second-order valence-electron chi connectivity index (χ2n) is 5.18. The van der Waals surface area contributed by atoms with Gasteiger partial charge in [0.15, 0.2) is 11.4 Å². The van der Waals surface area contributed by atoms with Crippen molar-refractivity contribution in [1.82, 2.24) is 10.1 Å². The van der Waals surface area contributed by atoms with Crippen molar-refractivity contribution in [2.45, 2.75) is 31.5 Å². The summed E-state index contributed by atoms with van der Waals surface area (Å²) >= 11 is 0. The summed E-state index contributed by atoms with van der Waals surface area (Å²) in [5.74, 6) is 0.417. The maximum absolute atomic E-state index is 12.6. The lowest BCUT2D eigenvalue weighted by Gasteiger charge is -2.38. The highest BCUT2D eigenvalue weighted by molar-refractivity contribution is 5.91. The highest BCUT2D eigenvalue weighted by atomic mass is 19.4. The molecular formula is C12H16F3N3O3. The monoisotopic (exact) mass is 307 g/mol. The largest absolute Gasteiger partial charge is 0.417 e. The van der Waals surface area contributed by atoms with Gasteiger partial charge in [-0.3, -0.25) is 9.69 Å². The molecule has 1 aliphatic rings. The van der Waals surface area contributed by atoms with Crippen LogP contribution in [0.15, 0.2) is 10.6 Å². The van der Waals surface area contributed by atoms with E-state index >= 15 is 0 Å². The van der Waals surface area contributed by atoms with E-state index in [9.17, 15) is 23.1 Å². The first-order valence-electron chi connectivity index (χ1n) is 6.44. The first-order valence-corrected chi connectivity index (χ1v) is 6.44. The Morgan fingerprint density at radius 2 is 2.14 bits per heavy atom. The van der Waals surface area contributed by atoms with Crippen molar-refractivity contribution in [2.75, 3.05) is 25.0 Å². The standard InChI is InChI=1S/C12H16F3N3O3/c1-8-6-9(17-21-8)16-10(19)7-18-4-2-11(20,3-5-18)12(13,14)15/h6,20H,2-5,7H2,1H3,(H,16,17,19). The van der Waals surface area contributed by atoms with Gasteiger partial charge in [0.05, 0.1) is 6.54 Å². The third kappa shape index (κ3) is 3.73. The van der Waals surface area contributed by atoms with E-state index in [0.717, 1.165) is 0 Å². The Bertz CT molecular complexity index is 507. The van der Waals surface area contributed by atoms with Crippen LogP contribution in [0.5, 0.6) is 0 Å². The number of alkyl halides is 3. The predicted molar refractivity (Wildman–Crippen MR) is 66.5 cm³/mol. The molecule has 1 saturated heterocycles. The fourth-order valence-electron chi connectivity index (χ4n) is 2.18. The van der Waals surface area contributed by atoms with Crippen LogP contribution in [0.2, 0.25) is 0 Å². The lowest BCUT2D eigenvalue weighted by atomic mass is 9.91. The van der Waals surface area contributed by atoms with E-state index in [-0.39, 0.29) is 31.4 Å². The van der Waals surface area contributed by atoms with Crippen LogP contribution in [0.4, 0.5) is 19.0 Å². The van der Waals surface area contributed by atoms with Gasteiger partial charge in [-0.25, -0.2) is 0 Å². The van der Waals surface area contributed by atoms with Gasteiger partial charge in [-0.05, 0) is 19.8 Å². The van der Waals surface area contributed by atoms with Crippen molar-refractivity contribution >= 4 is 11.7 Å². The topological polar surface area (TPSA) is 78.6 Å². The zero-order valence-electron chi connectivity index (χ0n) is 11.4. The number of hydrogen-bond donors (Lipinski definition) is 2. The molecule has 1 aromatic rings. The average molecular weight is 307 g/mol. The van der Waals surface area contributed by atoms with Gasteiger partial charge in [-0.1, -0.05) is 5.16 Å². The summed E-state index contributed by atoms with van der Waals surface area (Å²) in [4.78, 5) is 13.3. The van der Waals surface area contributed by atoms with E-state index in [1.807, 2.05) is 0 Å². The lowest BCUT2D eigenvalue weighted by Crippen LogP contribution is -2.54. The third-order valence-electron chi connectivity index (χ3n) is 3.47. The predicted octanol–water partition coefficient (Wildman–Crippen LogP) is 1.31. The highest BCUT2D eigenvalue weighted by Crippen LogP contribution is 2.38. The number of amides is 1. The van der Waals surface area contributed by atoms with Crippen LogP contribution < -0.4 is 5.32 Å². The normalized spacial score (nSPS) is 19.5. The number of aromatic nitrogens is 1. The average Bonchev–Trinajstić information content (AvgIpc) is 2.76. The summed E-state index contributed by atoms with van der Waals surface area (Å²) in [5.41, 5.74) is -2.65. The first kappa shape index (κ1) is 15.8. The molecule has 0 aliphatic carbocycles. The quantitative estimate of drug-likeness (QED) is 0.880. The number of carbonyl (C=O) groups is 1. The fraction of sp³-hybridized carbons (Fsp3) is 0.667. The van der Waals surface area contributed by atoms with Crippen molar-refractivity contribution in [3.63, 3.8) is 0 Å². The number of aliphatic hydroxyl groups is 1. The van der Waals surface area contributed by atoms with E-state index in [0.29, 0.717) is 5.76 Å². The molecule has 0 aromatic carbocycles. The van der Waals surface area contributed by atoms with Crippen molar-refractivity contribution in [3.05, 3.63) is 11.8 Å². The third-order valence-corrected chi connectivity index (χ3v) is 3.47. The molecule has 0 unspecified atom stereocenters. The Hall–Kier alpha value is -1.61. The minimum absolute atomic E-state index is 0.00126. The zero-order valence-corrected chi connectivity index (χ0v) is 11.4. The second-order valence-corrected chi connectivity index (χ2v) is 5.18. The van der Waals surface area contributed by atoms with Gasteiger partial charge in [-0.15, -0.1) is 0 Å². The maximum atomic E-state index is 12.6. The molecular weight excluding hydrogens is 291 g/mol. The second kappa shape index (κ2) is 5.64. The van der Waals surface area contributed by atoms with E-state index in [1.165, 1.54) is 6.07 Å². The summed E-state index contributed by atoms with van der Waals surface area (Å²) in [7, 11) is 0. The van der Waals surface area contributed by atoms with Crippen LogP contribution >= 0.6 is 0 Å². The number of anilines is 1. The first-order chi connectivity index (χ1) is 9.69. The van der Waals surface area contributed by atoms with E-state index in [1.54, 1.807) is 11.8 Å². The number of likely N-dealkylation sites (tertiary alicyclic amines) is 1. The minimum atomic E-state index is -4.64. The summed E-state index contributed by atoms with van der Waals surface area (Å²) in [6, 6.07) is 1.54. The van der Waals surface area contributed by atoms with E-state index in [2.05, 4.69) is 10.5 Å². The molecule has 0 spiro atoms. The van der Waals surface area contributed by atoms with Crippen molar-refractivity contribution in [2.24, 2.45) is 0 Å². The summed E-state index contributed by atoms with van der Waals surface area (Å²) in [6.07, 6.45) is -5.51. The Labute approximate surface area is 118 Å². The maximum Gasteiger partial charge on any atom is 0.417 e. The number of aryl methyl sites for hydroxylation is 1. The van der Waals surface area contributed by atoms with E-state index in [4.69, 9.17) is 4.52 Å². The molecule has 21 heavy (non-hydrogen) atoms. The van der Waals surface area contributed by atoms with Crippen LogP contribution in [0.3, 0.4) is 0 Å². The molecule has 1 aliphatic heterocycles. The molecule has 1 amide bonds. The molecule has 0 atom stereocenters. The number of carbonyl (C=O) groups excluding carboxylic acids is 1. The van der Waals surface area contributed by atoms with Gasteiger partial charge in [0.2, 0.25) is 5.91 Å². The molecule has 1 aromatic heterocycles. The Balaban J connectivity index is 1.82. The van der Waals surface area contributed by atoms with Gasteiger partial charge >= 0.3 is 6.18 Å². The number of nitrogens with zero attached hydrogens (tertiary/aromatic N) is 2. The molecule has 9 heteroatoms. The zero-order chi connectivity index (χ0) is 15.7. The van der Waals surface area contributed by atoms with Crippen molar-refractivity contribution < 1.29 is 27.6 Å². The molecule has 0 radical (unpaired) electrons. The van der Waals surface area contributed by atoms with Crippen molar-refractivity contribution in [3.8, 4) is 0 Å². The summed E-state index contributed by atoms with van der Waals surface area (Å²) < 4.78 is 42.7. The van der Waals surface area contributed by atoms with Gasteiger partial charge < -0.3 is 14.9 Å². The highest BCUT2D eigenvalue weighted by Gasteiger charge is 2.54. The number of rotatable bonds is 3. The Morgan fingerprint density at radius 3 is 2.62 bits per heavy atom. The van der Waals surface area contributed by atoms with Crippen LogP contribution in [0.1, 0.15) is 18.6 Å². The van der Waals surface area contributed by atoms with Crippen LogP contribution in [-0.2, 0) is 4.79 Å². The lowest BCUT2D eigenvalue weighted by molar-refractivity contribution is -0.272. The SMILES string of the molecule is Cc1cc(NC(=O)CN2CCC(O)(C(F)(F)F)CC2)no1. The Kier molecular flexibility index (Phi) is 4.24. The summed E-state index contributed by atoms with van der Waals surface area (Å²) in [5, 5.41) is 15.6. The smallest absolute Gasteiger partial charge is 0.380 e. The fourth-order valence-corrected chi connectivity index (χ4v) is 2.18.